The van der Waals surface area contributed by atoms with Crippen LogP contribution < -0.4 is 11.1 Å². The molecule has 0 saturated heterocycles. The third-order valence-corrected chi connectivity index (χ3v) is 3.53. The molecule has 1 aromatic rings. The van der Waals surface area contributed by atoms with Crippen molar-refractivity contribution in [2.45, 2.75) is 40.0 Å². The summed E-state index contributed by atoms with van der Waals surface area (Å²) in [6, 6.07) is 6.19. The first kappa shape index (κ1) is 15.7. The summed E-state index contributed by atoms with van der Waals surface area (Å²) in [5, 5.41) is 2.96. The van der Waals surface area contributed by atoms with Crippen molar-refractivity contribution in [3.63, 3.8) is 0 Å². The number of hydrogen-bond donors (Lipinski definition) is 2. The van der Waals surface area contributed by atoms with E-state index in [4.69, 9.17) is 5.73 Å². The lowest BCUT2D eigenvalue weighted by molar-refractivity contribution is -0.120. The Bertz CT molecular complexity index is 415. The van der Waals surface area contributed by atoms with Crippen molar-refractivity contribution in [1.82, 2.24) is 5.32 Å². The molecule has 1 unspecified atom stereocenters. The molecular formula is C16H26N2O. The number of benzene rings is 1. The number of hydrogen-bond acceptors (Lipinski definition) is 2. The summed E-state index contributed by atoms with van der Waals surface area (Å²) in [6.07, 6.45) is 2.53. The van der Waals surface area contributed by atoms with Crippen molar-refractivity contribution in [2.75, 3.05) is 13.1 Å². The Morgan fingerprint density at radius 1 is 1.32 bits per heavy atom. The second-order valence-electron chi connectivity index (χ2n) is 5.43. The van der Waals surface area contributed by atoms with Crippen molar-refractivity contribution < 1.29 is 4.79 Å². The molecule has 0 fully saturated rings. The molecule has 0 spiro atoms. The number of amides is 1. The molecule has 0 bridgehead atoms. The first-order valence-corrected chi connectivity index (χ1v) is 7.05. The molecule has 0 aliphatic carbocycles. The van der Waals surface area contributed by atoms with E-state index in [-0.39, 0.29) is 5.91 Å². The standard InChI is InChI=1S/C16H26N2O/c1-12(11-17)5-4-8-18-16(19)10-15-7-6-13(2)14(3)9-15/h6-7,9,12H,4-5,8,10-11,17H2,1-3H3,(H,18,19). The normalized spacial score (nSPS) is 12.2. The van der Waals surface area contributed by atoms with Crippen LogP contribution in [0.4, 0.5) is 0 Å². The summed E-state index contributed by atoms with van der Waals surface area (Å²) in [6.45, 7) is 7.75. The molecule has 0 radical (unpaired) electrons. The molecular weight excluding hydrogens is 236 g/mol. The van der Waals surface area contributed by atoms with Gasteiger partial charge in [-0.25, -0.2) is 0 Å². The summed E-state index contributed by atoms with van der Waals surface area (Å²) in [5.41, 5.74) is 9.14. The highest BCUT2D eigenvalue weighted by Gasteiger charge is 2.04. The molecule has 3 nitrogen and oxygen atoms in total. The molecule has 1 atom stereocenters. The quantitative estimate of drug-likeness (QED) is 0.741. The second kappa shape index (κ2) is 7.95. The van der Waals surface area contributed by atoms with E-state index in [1.54, 1.807) is 0 Å². The van der Waals surface area contributed by atoms with Crippen LogP contribution in [0, 0.1) is 19.8 Å². The Hall–Kier alpha value is -1.35. The van der Waals surface area contributed by atoms with Gasteiger partial charge in [-0.05, 0) is 55.8 Å². The Kier molecular flexibility index (Phi) is 6.57. The van der Waals surface area contributed by atoms with Crippen LogP contribution in [0.25, 0.3) is 0 Å². The van der Waals surface area contributed by atoms with Gasteiger partial charge < -0.3 is 11.1 Å². The summed E-state index contributed by atoms with van der Waals surface area (Å²) < 4.78 is 0. The van der Waals surface area contributed by atoms with Crippen LogP contribution in [-0.2, 0) is 11.2 Å². The van der Waals surface area contributed by atoms with Crippen LogP contribution in [0.3, 0.4) is 0 Å². The second-order valence-corrected chi connectivity index (χ2v) is 5.43. The minimum atomic E-state index is 0.101. The van der Waals surface area contributed by atoms with Gasteiger partial charge in [-0.2, -0.15) is 0 Å². The molecule has 106 valence electrons. The summed E-state index contributed by atoms with van der Waals surface area (Å²) in [7, 11) is 0. The van der Waals surface area contributed by atoms with Gasteiger partial charge in [-0.15, -0.1) is 0 Å². The van der Waals surface area contributed by atoms with Crippen molar-refractivity contribution in [1.29, 1.82) is 0 Å². The smallest absolute Gasteiger partial charge is 0.224 e. The van der Waals surface area contributed by atoms with Gasteiger partial charge >= 0.3 is 0 Å². The number of aryl methyl sites for hydroxylation is 2. The fraction of sp³-hybridized carbons (Fsp3) is 0.562. The molecule has 3 N–H and O–H groups in total. The minimum Gasteiger partial charge on any atom is -0.356 e. The predicted octanol–water partition coefficient (Wildman–Crippen LogP) is 2.34. The number of carbonyl (C=O) groups is 1. The molecule has 1 amide bonds. The highest BCUT2D eigenvalue weighted by Crippen LogP contribution is 2.10. The topological polar surface area (TPSA) is 55.1 Å². The van der Waals surface area contributed by atoms with Crippen LogP contribution in [0.15, 0.2) is 18.2 Å². The van der Waals surface area contributed by atoms with Gasteiger partial charge in [0.1, 0.15) is 0 Å². The van der Waals surface area contributed by atoms with Crippen LogP contribution in [0.1, 0.15) is 36.5 Å². The fourth-order valence-electron chi connectivity index (χ4n) is 1.96. The van der Waals surface area contributed by atoms with E-state index < -0.39 is 0 Å². The lowest BCUT2D eigenvalue weighted by Gasteiger charge is -2.09. The Labute approximate surface area is 116 Å². The first-order valence-electron chi connectivity index (χ1n) is 7.05. The zero-order valence-electron chi connectivity index (χ0n) is 12.3. The van der Waals surface area contributed by atoms with Gasteiger partial charge in [0.15, 0.2) is 0 Å². The summed E-state index contributed by atoms with van der Waals surface area (Å²) >= 11 is 0. The number of rotatable bonds is 7. The van der Waals surface area contributed by atoms with Crippen LogP contribution in [0.2, 0.25) is 0 Å². The largest absolute Gasteiger partial charge is 0.356 e. The van der Waals surface area contributed by atoms with Crippen LogP contribution in [-0.4, -0.2) is 19.0 Å². The van der Waals surface area contributed by atoms with E-state index in [0.29, 0.717) is 12.3 Å². The Balaban J connectivity index is 2.29. The lowest BCUT2D eigenvalue weighted by Crippen LogP contribution is -2.26. The van der Waals surface area contributed by atoms with Gasteiger partial charge in [0, 0.05) is 6.54 Å². The molecule has 0 aliphatic heterocycles. The Morgan fingerprint density at radius 2 is 2.05 bits per heavy atom. The molecule has 1 rings (SSSR count). The van der Waals surface area contributed by atoms with E-state index in [0.717, 1.165) is 31.5 Å². The third kappa shape index (κ3) is 5.88. The van der Waals surface area contributed by atoms with Crippen molar-refractivity contribution in [2.24, 2.45) is 11.7 Å². The molecule has 0 aromatic heterocycles. The maximum absolute atomic E-state index is 11.8. The van der Waals surface area contributed by atoms with E-state index in [1.165, 1.54) is 11.1 Å². The van der Waals surface area contributed by atoms with Gasteiger partial charge in [0.2, 0.25) is 5.91 Å². The lowest BCUT2D eigenvalue weighted by atomic mass is 10.0. The van der Waals surface area contributed by atoms with Gasteiger partial charge in [-0.1, -0.05) is 25.1 Å². The molecule has 0 aliphatic rings. The van der Waals surface area contributed by atoms with Crippen LogP contribution in [0.5, 0.6) is 0 Å². The summed E-state index contributed by atoms with van der Waals surface area (Å²) in [4.78, 5) is 11.8. The molecule has 1 aromatic carbocycles. The average molecular weight is 262 g/mol. The van der Waals surface area contributed by atoms with E-state index in [9.17, 15) is 4.79 Å². The van der Waals surface area contributed by atoms with Gasteiger partial charge in [0.25, 0.3) is 0 Å². The minimum absolute atomic E-state index is 0.101. The monoisotopic (exact) mass is 262 g/mol. The third-order valence-electron chi connectivity index (χ3n) is 3.53. The van der Waals surface area contributed by atoms with E-state index in [2.05, 4.69) is 38.2 Å². The van der Waals surface area contributed by atoms with E-state index in [1.807, 2.05) is 6.07 Å². The number of carbonyl (C=O) groups excluding carboxylic acids is 1. The molecule has 3 heteroatoms. The molecule has 19 heavy (non-hydrogen) atoms. The number of nitrogens with two attached hydrogens (primary N) is 1. The van der Waals surface area contributed by atoms with Gasteiger partial charge in [0.05, 0.1) is 6.42 Å². The highest BCUT2D eigenvalue weighted by atomic mass is 16.1. The van der Waals surface area contributed by atoms with Gasteiger partial charge in [-0.3, -0.25) is 4.79 Å². The maximum Gasteiger partial charge on any atom is 0.224 e. The van der Waals surface area contributed by atoms with E-state index >= 15 is 0 Å². The van der Waals surface area contributed by atoms with Crippen molar-refractivity contribution in [3.8, 4) is 0 Å². The maximum atomic E-state index is 11.8. The zero-order chi connectivity index (χ0) is 14.3. The predicted molar refractivity (Wildman–Crippen MR) is 80.1 cm³/mol. The van der Waals surface area contributed by atoms with Crippen LogP contribution >= 0.6 is 0 Å². The first-order chi connectivity index (χ1) is 9.02. The summed E-state index contributed by atoms with van der Waals surface area (Å²) in [5.74, 6) is 0.639. The molecule has 0 saturated carbocycles. The average Bonchev–Trinajstić information content (AvgIpc) is 2.38. The van der Waals surface area contributed by atoms with Crippen molar-refractivity contribution >= 4 is 5.91 Å². The SMILES string of the molecule is Cc1ccc(CC(=O)NCCCC(C)CN)cc1C. The van der Waals surface area contributed by atoms with Crippen molar-refractivity contribution in [3.05, 3.63) is 34.9 Å². The highest BCUT2D eigenvalue weighted by molar-refractivity contribution is 5.78. The number of nitrogens with one attached hydrogen (secondary N) is 1. The Morgan fingerprint density at radius 3 is 2.68 bits per heavy atom. The molecule has 0 heterocycles. The fourth-order valence-corrected chi connectivity index (χ4v) is 1.96. The zero-order valence-corrected chi connectivity index (χ0v) is 12.3.